The van der Waals surface area contributed by atoms with Gasteiger partial charge in [0.05, 0.1) is 11.3 Å². The smallest absolute Gasteiger partial charge is 0.257 e. The number of carbonyl (C=O) groups is 1. The minimum atomic E-state index is -0.436. The molecule has 1 N–H and O–H groups in total. The van der Waals surface area contributed by atoms with Crippen molar-refractivity contribution >= 4 is 22.5 Å². The van der Waals surface area contributed by atoms with Gasteiger partial charge in [0.1, 0.15) is 5.82 Å². The van der Waals surface area contributed by atoms with E-state index in [4.69, 9.17) is 0 Å². The van der Waals surface area contributed by atoms with E-state index in [9.17, 15) is 9.18 Å². The normalized spacial score (nSPS) is 10.8. The number of fused-ring (bicyclic) bond motifs is 1. The maximum atomic E-state index is 13.7. The van der Waals surface area contributed by atoms with E-state index in [1.807, 2.05) is 42.8 Å². The quantitative estimate of drug-likeness (QED) is 0.760. The summed E-state index contributed by atoms with van der Waals surface area (Å²) in [6.07, 6.45) is 1.76. The Hall–Kier alpha value is -2.62. The molecule has 2 aromatic carbocycles. The van der Waals surface area contributed by atoms with Crippen LogP contribution in [-0.4, -0.2) is 10.5 Å². The van der Waals surface area contributed by atoms with Crippen molar-refractivity contribution in [2.24, 2.45) is 7.05 Å². The van der Waals surface area contributed by atoms with Crippen LogP contribution in [0.1, 0.15) is 15.9 Å². The fourth-order valence-corrected chi connectivity index (χ4v) is 2.45. The van der Waals surface area contributed by atoms with E-state index in [1.165, 1.54) is 6.07 Å². The minimum Gasteiger partial charge on any atom is -0.350 e. The highest BCUT2D eigenvalue weighted by Gasteiger charge is 2.15. The molecule has 4 heteroatoms. The van der Waals surface area contributed by atoms with Gasteiger partial charge in [-0.3, -0.25) is 4.79 Å². The lowest BCUT2D eigenvalue weighted by Crippen LogP contribution is -2.12. The second-order valence-corrected chi connectivity index (χ2v) is 5.11. The first-order valence-corrected chi connectivity index (χ1v) is 6.68. The number of halogens is 1. The highest BCUT2D eigenvalue weighted by molar-refractivity contribution is 6.13. The standard InChI is InChI=1S/C17H15FN2O/c1-11-7-8-14(18)15(9-11)19-17(21)13-10-20(2)16-6-4-3-5-12(13)16/h3-10H,1-2H3,(H,19,21). The number of hydrogen-bond acceptors (Lipinski definition) is 1. The number of amides is 1. The van der Waals surface area contributed by atoms with Crippen LogP contribution < -0.4 is 5.32 Å². The van der Waals surface area contributed by atoms with Crippen molar-refractivity contribution in [1.82, 2.24) is 4.57 Å². The maximum Gasteiger partial charge on any atom is 0.257 e. The summed E-state index contributed by atoms with van der Waals surface area (Å²) in [5.74, 6) is -0.745. The Morgan fingerprint density at radius 2 is 1.95 bits per heavy atom. The predicted octanol–water partition coefficient (Wildman–Crippen LogP) is 3.88. The van der Waals surface area contributed by atoms with E-state index in [2.05, 4.69) is 5.32 Å². The van der Waals surface area contributed by atoms with Crippen molar-refractivity contribution in [2.45, 2.75) is 6.92 Å². The molecule has 0 aliphatic heterocycles. The number of rotatable bonds is 2. The summed E-state index contributed by atoms with van der Waals surface area (Å²) < 4.78 is 15.6. The van der Waals surface area contributed by atoms with E-state index in [1.54, 1.807) is 18.3 Å². The summed E-state index contributed by atoms with van der Waals surface area (Å²) in [6.45, 7) is 1.85. The van der Waals surface area contributed by atoms with Gasteiger partial charge in [-0.1, -0.05) is 24.3 Å². The zero-order chi connectivity index (χ0) is 15.0. The molecule has 0 fully saturated rings. The molecular weight excluding hydrogens is 267 g/mol. The fraction of sp³-hybridized carbons (Fsp3) is 0.118. The van der Waals surface area contributed by atoms with Crippen molar-refractivity contribution < 1.29 is 9.18 Å². The lowest BCUT2D eigenvalue weighted by molar-refractivity contribution is 0.102. The number of aromatic nitrogens is 1. The molecule has 1 amide bonds. The monoisotopic (exact) mass is 282 g/mol. The summed E-state index contributed by atoms with van der Waals surface area (Å²) >= 11 is 0. The second kappa shape index (κ2) is 5.05. The molecule has 3 rings (SSSR count). The fourth-order valence-electron chi connectivity index (χ4n) is 2.45. The number of para-hydroxylation sites is 1. The molecule has 0 radical (unpaired) electrons. The molecule has 0 saturated heterocycles. The van der Waals surface area contributed by atoms with Crippen LogP contribution in [0, 0.1) is 12.7 Å². The second-order valence-electron chi connectivity index (χ2n) is 5.11. The third kappa shape index (κ3) is 2.40. The zero-order valence-electron chi connectivity index (χ0n) is 11.9. The van der Waals surface area contributed by atoms with Gasteiger partial charge >= 0.3 is 0 Å². The molecule has 0 unspecified atom stereocenters. The molecule has 0 aliphatic carbocycles. The van der Waals surface area contributed by atoms with Gasteiger partial charge in [0.15, 0.2) is 0 Å². The molecule has 0 aliphatic rings. The van der Waals surface area contributed by atoms with E-state index in [-0.39, 0.29) is 11.6 Å². The number of aryl methyl sites for hydroxylation is 2. The Balaban J connectivity index is 2.00. The van der Waals surface area contributed by atoms with Gasteiger partial charge in [0.2, 0.25) is 0 Å². The van der Waals surface area contributed by atoms with Gasteiger partial charge in [-0.15, -0.1) is 0 Å². The Bertz CT molecular complexity index is 836. The lowest BCUT2D eigenvalue weighted by atomic mass is 10.1. The third-order valence-corrected chi connectivity index (χ3v) is 3.51. The number of carbonyl (C=O) groups excluding carboxylic acids is 1. The molecule has 3 aromatic rings. The van der Waals surface area contributed by atoms with Crippen molar-refractivity contribution in [3.63, 3.8) is 0 Å². The molecule has 0 spiro atoms. The van der Waals surface area contributed by atoms with Gasteiger partial charge in [-0.05, 0) is 30.7 Å². The largest absolute Gasteiger partial charge is 0.350 e. The van der Waals surface area contributed by atoms with Crippen LogP contribution >= 0.6 is 0 Å². The van der Waals surface area contributed by atoms with Gasteiger partial charge in [0.25, 0.3) is 5.91 Å². The van der Waals surface area contributed by atoms with Crippen molar-refractivity contribution in [3.8, 4) is 0 Å². The van der Waals surface area contributed by atoms with E-state index >= 15 is 0 Å². The Morgan fingerprint density at radius 3 is 2.76 bits per heavy atom. The van der Waals surface area contributed by atoms with Crippen molar-refractivity contribution in [3.05, 3.63) is 65.6 Å². The van der Waals surface area contributed by atoms with Gasteiger partial charge in [0, 0.05) is 24.1 Å². The highest BCUT2D eigenvalue weighted by atomic mass is 19.1. The number of nitrogens with zero attached hydrogens (tertiary/aromatic N) is 1. The Kier molecular flexibility index (Phi) is 3.22. The third-order valence-electron chi connectivity index (χ3n) is 3.51. The first-order chi connectivity index (χ1) is 10.1. The molecule has 3 nitrogen and oxygen atoms in total. The van der Waals surface area contributed by atoms with E-state index < -0.39 is 5.82 Å². The topological polar surface area (TPSA) is 34.0 Å². The van der Waals surface area contributed by atoms with Gasteiger partial charge in [-0.25, -0.2) is 4.39 Å². The molecule has 1 heterocycles. The first-order valence-electron chi connectivity index (χ1n) is 6.68. The average molecular weight is 282 g/mol. The number of benzene rings is 2. The van der Waals surface area contributed by atoms with Crippen molar-refractivity contribution in [1.29, 1.82) is 0 Å². The van der Waals surface area contributed by atoms with Crippen LogP contribution in [0.4, 0.5) is 10.1 Å². The van der Waals surface area contributed by atoms with Gasteiger partial charge in [-0.2, -0.15) is 0 Å². The molecular formula is C17H15FN2O. The van der Waals surface area contributed by atoms with Crippen LogP contribution in [0.5, 0.6) is 0 Å². The molecule has 106 valence electrons. The van der Waals surface area contributed by atoms with Crippen LogP contribution in [0.2, 0.25) is 0 Å². The lowest BCUT2D eigenvalue weighted by Gasteiger charge is -2.06. The molecule has 21 heavy (non-hydrogen) atoms. The molecule has 0 bridgehead atoms. The van der Waals surface area contributed by atoms with E-state index in [0.717, 1.165) is 16.5 Å². The van der Waals surface area contributed by atoms with Gasteiger partial charge < -0.3 is 9.88 Å². The molecule has 0 atom stereocenters. The summed E-state index contributed by atoms with van der Waals surface area (Å²) in [5, 5.41) is 3.50. The first kappa shape index (κ1) is 13.4. The van der Waals surface area contributed by atoms with Crippen LogP contribution in [0.3, 0.4) is 0 Å². The minimum absolute atomic E-state index is 0.202. The Labute approximate surface area is 122 Å². The number of hydrogen-bond donors (Lipinski definition) is 1. The summed E-state index contributed by atoms with van der Waals surface area (Å²) in [6, 6.07) is 12.3. The number of nitrogens with one attached hydrogen (secondary N) is 1. The highest BCUT2D eigenvalue weighted by Crippen LogP contribution is 2.22. The van der Waals surface area contributed by atoms with Crippen LogP contribution in [0.15, 0.2) is 48.7 Å². The predicted molar refractivity (Wildman–Crippen MR) is 82.0 cm³/mol. The molecule has 1 aromatic heterocycles. The van der Waals surface area contributed by atoms with Crippen molar-refractivity contribution in [2.75, 3.05) is 5.32 Å². The molecule has 0 saturated carbocycles. The van der Waals surface area contributed by atoms with Crippen LogP contribution in [0.25, 0.3) is 10.9 Å². The zero-order valence-corrected chi connectivity index (χ0v) is 11.9. The summed E-state index contributed by atoms with van der Waals surface area (Å²) in [7, 11) is 1.88. The summed E-state index contributed by atoms with van der Waals surface area (Å²) in [4.78, 5) is 12.4. The van der Waals surface area contributed by atoms with E-state index in [0.29, 0.717) is 5.56 Å². The average Bonchev–Trinajstić information content (AvgIpc) is 2.81. The maximum absolute atomic E-state index is 13.7. The number of anilines is 1. The summed E-state index contributed by atoms with van der Waals surface area (Å²) in [5.41, 5.74) is 2.60. The van der Waals surface area contributed by atoms with Crippen LogP contribution in [-0.2, 0) is 7.05 Å². The Morgan fingerprint density at radius 1 is 1.19 bits per heavy atom. The SMILES string of the molecule is Cc1ccc(F)c(NC(=O)c2cn(C)c3ccccc23)c1.